The molecule has 2 heterocycles. The smallest absolute Gasteiger partial charge is 0.324 e. The lowest BCUT2D eigenvalue weighted by atomic mass is 10.1. The van der Waals surface area contributed by atoms with Gasteiger partial charge >= 0.3 is 12.0 Å². The molecule has 2 atom stereocenters. The number of imide groups is 1. The molecule has 0 radical (unpaired) electrons. The minimum atomic E-state index is -1.10. The Morgan fingerprint density at radius 1 is 1.29 bits per heavy atom. The molecule has 0 unspecified atom stereocenters. The number of nitrogens with zero attached hydrogens (tertiary/aromatic N) is 2. The van der Waals surface area contributed by atoms with Crippen LogP contribution in [0, 0.1) is 12.8 Å². The largest absolute Gasteiger partial charge is 0.495 e. The summed E-state index contributed by atoms with van der Waals surface area (Å²) >= 11 is 0. The van der Waals surface area contributed by atoms with Crippen molar-refractivity contribution < 1.29 is 28.7 Å². The highest BCUT2D eigenvalue weighted by atomic mass is 16.5. The molecule has 3 rings (SSSR count). The summed E-state index contributed by atoms with van der Waals surface area (Å²) in [5.41, 5.74) is 1.55. The summed E-state index contributed by atoms with van der Waals surface area (Å²) in [6, 6.07) is 4.96. The Morgan fingerprint density at radius 2 is 2.04 bits per heavy atom. The number of carbonyl (C=O) groups is 4. The van der Waals surface area contributed by atoms with E-state index >= 15 is 0 Å². The molecule has 1 N–H and O–H groups in total. The van der Waals surface area contributed by atoms with Crippen molar-refractivity contribution in [2.24, 2.45) is 5.92 Å². The zero-order chi connectivity index (χ0) is 20.4. The van der Waals surface area contributed by atoms with Crippen molar-refractivity contribution in [2.75, 3.05) is 31.6 Å². The number of nitrogens with one attached hydrogen (secondary N) is 1. The molecule has 9 heteroatoms. The Morgan fingerprint density at radius 3 is 2.68 bits per heavy atom. The van der Waals surface area contributed by atoms with E-state index in [-0.39, 0.29) is 25.4 Å². The SMILES string of the molecule is COc1ccc(C)cc1N1C[C@H](C(=O)O[C@@H](C)C(=O)N2CCNC2=O)CC1=O. The first kappa shape index (κ1) is 19.7. The number of benzene rings is 1. The zero-order valence-corrected chi connectivity index (χ0v) is 16.1. The lowest BCUT2D eigenvalue weighted by molar-refractivity contribution is -0.160. The second-order valence-electron chi connectivity index (χ2n) is 6.88. The Balaban J connectivity index is 1.66. The quantitative estimate of drug-likeness (QED) is 0.748. The monoisotopic (exact) mass is 389 g/mol. The van der Waals surface area contributed by atoms with Gasteiger partial charge in [0.05, 0.1) is 18.7 Å². The molecule has 1 aromatic carbocycles. The predicted molar refractivity (Wildman–Crippen MR) is 98.9 cm³/mol. The predicted octanol–water partition coefficient (Wildman–Crippen LogP) is 0.840. The van der Waals surface area contributed by atoms with E-state index in [1.165, 1.54) is 18.9 Å². The fourth-order valence-corrected chi connectivity index (χ4v) is 3.33. The number of hydrogen-bond acceptors (Lipinski definition) is 6. The fourth-order valence-electron chi connectivity index (χ4n) is 3.33. The topological polar surface area (TPSA) is 105 Å². The van der Waals surface area contributed by atoms with Crippen molar-refractivity contribution in [3.63, 3.8) is 0 Å². The van der Waals surface area contributed by atoms with Gasteiger partial charge in [0.15, 0.2) is 6.10 Å². The highest BCUT2D eigenvalue weighted by Gasteiger charge is 2.39. The van der Waals surface area contributed by atoms with Crippen molar-refractivity contribution in [1.82, 2.24) is 10.2 Å². The summed E-state index contributed by atoms with van der Waals surface area (Å²) < 4.78 is 10.6. The van der Waals surface area contributed by atoms with Crippen LogP contribution < -0.4 is 15.0 Å². The molecular weight excluding hydrogens is 366 g/mol. The van der Waals surface area contributed by atoms with Crippen LogP contribution in [0.5, 0.6) is 5.75 Å². The van der Waals surface area contributed by atoms with Crippen molar-refractivity contribution >= 4 is 29.5 Å². The summed E-state index contributed by atoms with van der Waals surface area (Å²) in [7, 11) is 1.52. The number of ether oxygens (including phenoxy) is 2. The van der Waals surface area contributed by atoms with Crippen LogP contribution in [0.25, 0.3) is 0 Å². The van der Waals surface area contributed by atoms with Crippen molar-refractivity contribution in [3.8, 4) is 5.75 Å². The Hall–Kier alpha value is -3.10. The molecule has 0 aliphatic carbocycles. The Bertz CT molecular complexity index is 824. The molecular formula is C19H23N3O6. The lowest BCUT2D eigenvalue weighted by Gasteiger charge is -2.21. The van der Waals surface area contributed by atoms with Crippen LogP contribution in [0.3, 0.4) is 0 Å². The number of anilines is 1. The van der Waals surface area contributed by atoms with Crippen molar-refractivity contribution in [1.29, 1.82) is 0 Å². The Kier molecular flexibility index (Phi) is 5.53. The van der Waals surface area contributed by atoms with E-state index in [0.717, 1.165) is 10.5 Å². The van der Waals surface area contributed by atoms with Crippen LogP contribution in [0.15, 0.2) is 18.2 Å². The molecule has 2 aliphatic rings. The maximum absolute atomic E-state index is 12.5. The van der Waals surface area contributed by atoms with E-state index in [9.17, 15) is 19.2 Å². The zero-order valence-electron chi connectivity index (χ0n) is 16.1. The molecule has 0 aromatic heterocycles. The molecule has 2 aliphatic heterocycles. The maximum atomic E-state index is 12.5. The van der Waals surface area contributed by atoms with Crippen molar-refractivity contribution in [3.05, 3.63) is 23.8 Å². The van der Waals surface area contributed by atoms with Gasteiger partial charge in [-0.1, -0.05) is 6.07 Å². The van der Waals surface area contributed by atoms with Crippen LogP contribution in [0.1, 0.15) is 18.9 Å². The molecule has 4 amide bonds. The molecule has 0 bridgehead atoms. The number of methoxy groups -OCH3 is 1. The van der Waals surface area contributed by atoms with Gasteiger partial charge in [-0.05, 0) is 31.5 Å². The van der Waals surface area contributed by atoms with Crippen LogP contribution in [0.2, 0.25) is 0 Å². The van der Waals surface area contributed by atoms with Gasteiger partial charge in [-0.2, -0.15) is 0 Å². The maximum Gasteiger partial charge on any atom is 0.324 e. The van der Waals surface area contributed by atoms with Crippen molar-refractivity contribution in [2.45, 2.75) is 26.4 Å². The van der Waals surface area contributed by atoms with Gasteiger partial charge in [-0.3, -0.25) is 19.3 Å². The third kappa shape index (κ3) is 3.78. The molecule has 0 saturated carbocycles. The number of aryl methyl sites for hydroxylation is 1. The number of hydrogen-bond donors (Lipinski definition) is 1. The summed E-state index contributed by atoms with van der Waals surface area (Å²) in [6.07, 6.45) is -1.12. The average Bonchev–Trinajstić information content (AvgIpc) is 3.26. The molecule has 0 spiro atoms. The van der Waals surface area contributed by atoms with Crippen LogP contribution in [-0.4, -0.2) is 61.6 Å². The van der Waals surface area contributed by atoms with Crippen LogP contribution >= 0.6 is 0 Å². The number of urea groups is 1. The molecule has 150 valence electrons. The third-order valence-corrected chi connectivity index (χ3v) is 4.85. The van der Waals surface area contributed by atoms with Gasteiger partial charge < -0.3 is 19.7 Å². The summed E-state index contributed by atoms with van der Waals surface area (Å²) in [5, 5.41) is 2.52. The van der Waals surface area contributed by atoms with Gasteiger partial charge in [0.2, 0.25) is 5.91 Å². The van der Waals surface area contributed by atoms with Gasteiger partial charge in [0.1, 0.15) is 5.75 Å². The normalized spacial score (nSPS) is 20.2. The first-order valence-corrected chi connectivity index (χ1v) is 9.06. The summed E-state index contributed by atoms with van der Waals surface area (Å²) in [6.45, 7) is 4.07. The Labute approximate surface area is 162 Å². The molecule has 28 heavy (non-hydrogen) atoms. The van der Waals surface area contributed by atoms with E-state index < -0.39 is 29.9 Å². The number of carbonyl (C=O) groups excluding carboxylic acids is 4. The standard InChI is InChI=1S/C19H23N3O6/c1-11-4-5-15(27-3)14(8-11)22-10-13(9-16(22)23)18(25)28-12(2)17(24)21-7-6-20-19(21)26/h4-5,8,12-13H,6-7,9-10H2,1-3H3,(H,20,26)/t12-,13+/m0/s1. The molecule has 1 aromatic rings. The second kappa shape index (κ2) is 7.87. The van der Waals surface area contributed by atoms with Gasteiger partial charge in [-0.15, -0.1) is 0 Å². The highest BCUT2D eigenvalue weighted by Crippen LogP contribution is 2.34. The number of esters is 1. The summed E-state index contributed by atoms with van der Waals surface area (Å²) in [5.74, 6) is -1.59. The highest BCUT2D eigenvalue weighted by molar-refractivity contribution is 6.01. The first-order chi connectivity index (χ1) is 13.3. The minimum Gasteiger partial charge on any atom is -0.495 e. The third-order valence-electron chi connectivity index (χ3n) is 4.85. The number of rotatable bonds is 5. The average molecular weight is 389 g/mol. The molecule has 2 saturated heterocycles. The van der Waals surface area contributed by atoms with Crippen LogP contribution in [0.4, 0.5) is 10.5 Å². The number of amides is 4. The van der Waals surface area contributed by atoms with Crippen LogP contribution in [-0.2, 0) is 19.1 Å². The van der Waals surface area contributed by atoms with E-state index in [1.54, 1.807) is 6.07 Å². The van der Waals surface area contributed by atoms with Gasteiger partial charge in [0, 0.05) is 26.1 Å². The van der Waals surface area contributed by atoms with E-state index in [1.807, 2.05) is 19.1 Å². The molecule has 2 fully saturated rings. The lowest BCUT2D eigenvalue weighted by Crippen LogP contribution is -2.42. The second-order valence-corrected chi connectivity index (χ2v) is 6.88. The molecule has 9 nitrogen and oxygen atoms in total. The van der Waals surface area contributed by atoms with Gasteiger partial charge in [-0.25, -0.2) is 4.79 Å². The minimum absolute atomic E-state index is 0.0129. The first-order valence-electron chi connectivity index (χ1n) is 9.06. The van der Waals surface area contributed by atoms with E-state index in [2.05, 4.69) is 5.32 Å². The summed E-state index contributed by atoms with van der Waals surface area (Å²) in [4.78, 5) is 51.3. The van der Waals surface area contributed by atoms with E-state index in [4.69, 9.17) is 9.47 Å². The van der Waals surface area contributed by atoms with Gasteiger partial charge in [0.25, 0.3) is 5.91 Å². The fraction of sp³-hybridized carbons (Fsp3) is 0.474. The van der Waals surface area contributed by atoms with E-state index in [0.29, 0.717) is 18.0 Å².